The fourth-order valence-electron chi connectivity index (χ4n) is 3.55. The van der Waals surface area contributed by atoms with Crippen LogP contribution < -0.4 is 0 Å². The van der Waals surface area contributed by atoms with Crippen LogP contribution in [-0.4, -0.2) is 61.6 Å². The maximum Gasteiger partial charge on any atom is 0.264 e. The molecule has 136 valence electrons. The van der Waals surface area contributed by atoms with E-state index in [1.165, 1.54) is 16.9 Å². The Bertz CT molecular complexity index is 631. The molecule has 1 aliphatic carbocycles. The Kier molecular flexibility index (Phi) is 6.46. The number of hydrogen-bond acceptors (Lipinski definition) is 5. The molecule has 5 nitrogen and oxygen atoms in total. The van der Waals surface area contributed by atoms with Gasteiger partial charge in [0.1, 0.15) is 0 Å². The first-order chi connectivity index (χ1) is 12.2. The summed E-state index contributed by atoms with van der Waals surface area (Å²) in [5.74, 6) is 0.802. The topological polar surface area (TPSA) is 56.6 Å². The first kappa shape index (κ1) is 18.4. The Hall–Kier alpha value is -1.42. The molecule has 1 atom stereocenters. The summed E-state index contributed by atoms with van der Waals surface area (Å²) >= 11 is 1.66. The first-order valence-corrected chi connectivity index (χ1v) is 10.1. The van der Waals surface area contributed by atoms with E-state index in [4.69, 9.17) is 10.00 Å². The lowest BCUT2D eigenvalue weighted by molar-refractivity contribution is 0.0327. The number of aryl methyl sites for hydroxylation is 1. The molecule has 0 N–H and O–H groups in total. The van der Waals surface area contributed by atoms with Crippen molar-refractivity contribution < 1.29 is 9.53 Å². The lowest BCUT2D eigenvalue weighted by Gasteiger charge is -2.29. The molecule has 0 bridgehead atoms. The van der Waals surface area contributed by atoms with E-state index in [9.17, 15) is 4.79 Å². The number of amides is 1. The van der Waals surface area contributed by atoms with Gasteiger partial charge in [0.15, 0.2) is 0 Å². The molecule has 1 aromatic heterocycles. The number of carbonyl (C=O) groups excluding carboxylic acids is 1. The third-order valence-electron chi connectivity index (χ3n) is 5.11. The zero-order valence-electron chi connectivity index (χ0n) is 15.0. The summed E-state index contributed by atoms with van der Waals surface area (Å²) in [6.45, 7) is 7.70. The molecule has 25 heavy (non-hydrogen) atoms. The Morgan fingerprint density at radius 1 is 1.44 bits per heavy atom. The van der Waals surface area contributed by atoms with Crippen molar-refractivity contribution in [3.05, 3.63) is 21.4 Å². The van der Waals surface area contributed by atoms with Crippen LogP contribution in [0.2, 0.25) is 0 Å². The molecule has 0 radical (unpaired) electrons. The molecule has 1 aromatic rings. The highest BCUT2D eigenvalue weighted by molar-refractivity contribution is 7.14. The van der Waals surface area contributed by atoms with Gasteiger partial charge in [-0.2, -0.15) is 5.26 Å². The molecule has 2 heterocycles. The Morgan fingerprint density at radius 3 is 3.00 bits per heavy atom. The van der Waals surface area contributed by atoms with Gasteiger partial charge in [-0.3, -0.25) is 9.69 Å². The standard InChI is InChI=1S/C19H27N3O2S/c1-15-3-4-17-16(13-15)14-18(25-17)19(23)22(6-2-5-20)8-7-21-9-11-24-12-10-21/h14-15H,2-4,6-13H2,1H3. The molecule has 2 aliphatic rings. The minimum atomic E-state index is 0.0931. The predicted molar refractivity (Wildman–Crippen MR) is 98.9 cm³/mol. The van der Waals surface area contributed by atoms with Crippen molar-refractivity contribution in [2.75, 3.05) is 45.9 Å². The fourth-order valence-corrected chi connectivity index (χ4v) is 4.73. The van der Waals surface area contributed by atoms with Gasteiger partial charge in [-0.15, -0.1) is 11.3 Å². The molecule has 0 aromatic carbocycles. The molecular formula is C19H27N3O2S. The van der Waals surface area contributed by atoms with E-state index in [2.05, 4.69) is 24.0 Å². The average molecular weight is 362 g/mol. The molecule has 0 saturated carbocycles. The number of nitrogens with zero attached hydrogens (tertiary/aromatic N) is 3. The second-order valence-electron chi connectivity index (χ2n) is 7.06. The number of fused-ring (bicyclic) bond motifs is 1. The van der Waals surface area contributed by atoms with Crippen LogP contribution >= 0.6 is 11.3 Å². The zero-order chi connectivity index (χ0) is 17.6. The molecule has 1 amide bonds. The molecule has 1 aliphatic heterocycles. The number of thiophene rings is 1. The minimum absolute atomic E-state index is 0.0931. The third kappa shape index (κ3) is 4.81. The quantitative estimate of drug-likeness (QED) is 0.781. The average Bonchev–Trinajstić information content (AvgIpc) is 3.05. The molecule has 1 fully saturated rings. The SMILES string of the molecule is CC1CCc2sc(C(=O)N(CCC#N)CCN3CCOCC3)cc2C1. The van der Waals surface area contributed by atoms with E-state index >= 15 is 0 Å². The van der Waals surface area contributed by atoms with Gasteiger partial charge in [0.2, 0.25) is 0 Å². The van der Waals surface area contributed by atoms with Gasteiger partial charge < -0.3 is 9.64 Å². The fraction of sp³-hybridized carbons (Fsp3) is 0.684. The van der Waals surface area contributed by atoms with Crippen LogP contribution in [0.3, 0.4) is 0 Å². The number of ether oxygens (including phenoxy) is 1. The predicted octanol–water partition coefficient (Wildman–Crippen LogP) is 2.56. The van der Waals surface area contributed by atoms with Gasteiger partial charge in [0, 0.05) is 37.6 Å². The van der Waals surface area contributed by atoms with Crippen molar-refractivity contribution in [3.8, 4) is 6.07 Å². The summed E-state index contributed by atoms with van der Waals surface area (Å²) in [5.41, 5.74) is 1.36. The van der Waals surface area contributed by atoms with E-state index in [1.807, 2.05) is 4.90 Å². The molecule has 6 heteroatoms. The lowest BCUT2D eigenvalue weighted by atomic mass is 9.90. The molecular weight excluding hydrogens is 334 g/mol. The number of hydrogen-bond donors (Lipinski definition) is 0. The van der Waals surface area contributed by atoms with Crippen LogP contribution in [0.25, 0.3) is 0 Å². The van der Waals surface area contributed by atoms with E-state index in [-0.39, 0.29) is 5.91 Å². The number of nitriles is 1. The molecule has 3 rings (SSSR count). The van der Waals surface area contributed by atoms with Crippen LogP contribution in [0.5, 0.6) is 0 Å². The zero-order valence-corrected chi connectivity index (χ0v) is 15.8. The van der Waals surface area contributed by atoms with Crippen molar-refractivity contribution in [2.24, 2.45) is 5.92 Å². The summed E-state index contributed by atoms with van der Waals surface area (Å²) < 4.78 is 5.38. The highest BCUT2D eigenvalue weighted by Gasteiger charge is 2.24. The number of rotatable bonds is 6. The van der Waals surface area contributed by atoms with Crippen molar-refractivity contribution in [1.29, 1.82) is 5.26 Å². The third-order valence-corrected chi connectivity index (χ3v) is 6.34. The van der Waals surface area contributed by atoms with Crippen LogP contribution in [0.15, 0.2) is 6.07 Å². The van der Waals surface area contributed by atoms with Gasteiger partial charge in [-0.25, -0.2) is 0 Å². The smallest absolute Gasteiger partial charge is 0.264 e. The second kappa shape index (κ2) is 8.79. The number of carbonyl (C=O) groups is 1. The summed E-state index contributed by atoms with van der Waals surface area (Å²) in [6, 6.07) is 4.28. The highest BCUT2D eigenvalue weighted by Crippen LogP contribution is 2.32. The minimum Gasteiger partial charge on any atom is -0.379 e. The van der Waals surface area contributed by atoms with Crippen molar-refractivity contribution in [2.45, 2.75) is 32.6 Å². The van der Waals surface area contributed by atoms with Gasteiger partial charge in [-0.1, -0.05) is 6.92 Å². The summed E-state index contributed by atoms with van der Waals surface area (Å²) in [6.07, 6.45) is 3.79. The molecule has 1 unspecified atom stereocenters. The molecule has 1 saturated heterocycles. The van der Waals surface area contributed by atoms with Crippen LogP contribution in [0.1, 0.15) is 39.9 Å². The van der Waals surface area contributed by atoms with Crippen molar-refractivity contribution in [1.82, 2.24) is 9.80 Å². The van der Waals surface area contributed by atoms with E-state index in [1.54, 1.807) is 11.3 Å². The summed E-state index contributed by atoms with van der Waals surface area (Å²) in [4.78, 5) is 19.4. The van der Waals surface area contributed by atoms with Crippen LogP contribution in [0.4, 0.5) is 0 Å². The summed E-state index contributed by atoms with van der Waals surface area (Å²) in [5, 5.41) is 8.93. The van der Waals surface area contributed by atoms with Gasteiger partial charge in [-0.05, 0) is 36.8 Å². The lowest BCUT2D eigenvalue weighted by Crippen LogP contribution is -2.43. The van der Waals surface area contributed by atoms with Gasteiger partial charge in [0.25, 0.3) is 5.91 Å². The van der Waals surface area contributed by atoms with Gasteiger partial charge in [0.05, 0.1) is 30.6 Å². The van der Waals surface area contributed by atoms with Crippen molar-refractivity contribution >= 4 is 17.2 Å². The largest absolute Gasteiger partial charge is 0.379 e. The molecule has 0 spiro atoms. The normalized spacial score (nSPS) is 20.7. The maximum absolute atomic E-state index is 13.0. The Labute approximate surface area is 154 Å². The highest BCUT2D eigenvalue weighted by atomic mass is 32.1. The van der Waals surface area contributed by atoms with Gasteiger partial charge >= 0.3 is 0 Å². The van der Waals surface area contributed by atoms with E-state index in [0.29, 0.717) is 25.4 Å². The number of morpholine rings is 1. The monoisotopic (exact) mass is 361 g/mol. The Balaban J connectivity index is 1.65. The van der Waals surface area contributed by atoms with Crippen LogP contribution in [0, 0.1) is 17.2 Å². The van der Waals surface area contributed by atoms with Crippen molar-refractivity contribution in [3.63, 3.8) is 0 Å². The van der Waals surface area contributed by atoms with E-state index < -0.39 is 0 Å². The maximum atomic E-state index is 13.0. The Morgan fingerprint density at radius 2 is 2.24 bits per heavy atom. The summed E-state index contributed by atoms with van der Waals surface area (Å²) in [7, 11) is 0. The first-order valence-electron chi connectivity index (χ1n) is 9.25. The second-order valence-corrected chi connectivity index (χ2v) is 8.20. The van der Waals surface area contributed by atoms with Crippen LogP contribution in [-0.2, 0) is 17.6 Å². The van der Waals surface area contributed by atoms with E-state index in [0.717, 1.165) is 50.6 Å².